The standard InChI is InChI=1S/C8H12.2CO.Co/c1-2-4-6-8-7-5-3-1;2*1-2;/h1-4H,5-8H2;;;/b3-1-,4-2-;;;. The van der Waals surface area contributed by atoms with Gasteiger partial charge in [0.25, 0.3) is 13.6 Å². The number of hydrogen-bond donors (Lipinski definition) is 0. The van der Waals surface area contributed by atoms with Gasteiger partial charge in [-0.05, 0) is 25.7 Å². The van der Waals surface area contributed by atoms with E-state index in [4.69, 9.17) is 9.59 Å². The molecule has 3 heteroatoms. The molecule has 0 aliphatic heterocycles. The molecule has 73 valence electrons. The normalized spacial score (nSPS) is 17.8. The van der Waals surface area contributed by atoms with Crippen LogP contribution >= 0.6 is 0 Å². The maximum absolute atomic E-state index is 7.50. The summed E-state index contributed by atoms with van der Waals surface area (Å²) in [6, 6.07) is 0. The van der Waals surface area contributed by atoms with E-state index in [1.165, 1.54) is 25.7 Å². The van der Waals surface area contributed by atoms with Gasteiger partial charge in [-0.1, -0.05) is 24.3 Å². The molecule has 13 heavy (non-hydrogen) atoms. The third kappa shape index (κ3) is 18.4. The Labute approximate surface area is 90.3 Å². The first kappa shape index (κ1) is 18.2. The van der Waals surface area contributed by atoms with Crippen LogP contribution in [0.4, 0.5) is 0 Å². The van der Waals surface area contributed by atoms with Crippen LogP contribution in [0, 0.1) is 0 Å². The molecule has 1 aliphatic rings. The first-order chi connectivity index (χ1) is 6.00. The van der Waals surface area contributed by atoms with Gasteiger partial charge in [-0.25, -0.2) is 0 Å². The summed E-state index contributed by atoms with van der Waals surface area (Å²) in [4.78, 5) is 15.0. The number of rotatable bonds is 0. The largest absolute Gasteiger partial charge is 0.281 e. The van der Waals surface area contributed by atoms with Crippen molar-refractivity contribution in [2.75, 3.05) is 0 Å². The first-order valence-corrected chi connectivity index (χ1v) is 3.72. The Morgan fingerprint density at radius 3 is 1.38 bits per heavy atom. The van der Waals surface area contributed by atoms with Gasteiger partial charge in [0.2, 0.25) is 0 Å². The predicted octanol–water partition coefficient (Wildman–Crippen LogP) is 1.88. The van der Waals surface area contributed by atoms with Gasteiger partial charge in [0, 0.05) is 16.8 Å². The van der Waals surface area contributed by atoms with Crippen LogP contribution in [-0.2, 0) is 26.4 Å². The minimum Gasteiger partial charge on any atom is -0.281 e. The minimum atomic E-state index is 0. The van der Waals surface area contributed by atoms with Crippen molar-refractivity contribution in [3.05, 3.63) is 24.3 Å². The van der Waals surface area contributed by atoms with Crippen LogP contribution in [0.1, 0.15) is 25.7 Å². The van der Waals surface area contributed by atoms with E-state index >= 15 is 0 Å². The van der Waals surface area contributed by atoms with E-state index in [1.54, 1.807) is 0 Å². The molecule has 0 saturated heterocycles. The second-order valence-corrected chi connectivity index (χ2v) is 2.14. The monoisotopic (exact) mass is 223 g/mol. The predicted molar refractivity (Wildman–Crippen MR) is 48.1 cm³/mol. The first-order valence-electron chi connectivity index (χ1n) is 3.72. The molecule has 1 rings (SSSR count). The number of carbonyl (C=O) groups excluding carboxylic acids is 2. The van der Waals surface area contributed by atoms with E-state index in [0.29, 0.717) is 0 Å². The Kier molecular flexibility index (Phi) is 31.5. The zero-order chi connectivity index (χ0) is 9.66. The van der Waals surface area contributed by atoms with E-state index in [0.717, 1.165) is 0 Å². The van der Waals surface area contributed by atoms with Crippen molar-refractivity contribution in [3.8, 4) is 0 Å². The molecule has 5 radical (unpaired) electrons. The van der Waals surface area contributed by atoms with Gasteiger partial charge < -0.3 is 0 Å². The van der Waals surface area contributed by atoms with Crippen molar-refractivity contribution in [1.29, 1.82) is 0 Å². The molecule has 1 aliphatic carbocycles. The molecule has 0 saturated carbocycles. The van der Waals surface area contributed by atoms with Gasteiger partial charge in [0.05, 0.1) is 0 Å². The van der Waals surface area contributed by atoms with Crippen LogP contribution in [0.2, 0.25) is 0 Å². The zero-order valence-corrected chi connectivity index (χ0v) is 8.33. The Bertz CT molecular complexity index is 117. The fraction of sp³-hybridized carbons (Fsp3) is 0.400. The molecule has 2 nitrogen and oxygen atoms in total. The van der Waals surface area contributed by atoms with Crippen LogP contribution in [-0.4, -0.2) is 13.6 Å². The van der Waals surface area contributed by atoms with Gasteiger partial charge in [0.1, 0.15) is 0 Å². The van der Waals surface area contributed by atoms with Gasteiger partial charge >= 0.3 is 0 Å². The number of hydrogen-bond acceptors (Lipinski definition) is 2. The second kappa shape index (κ2) is 22.5. The minimum absolute atomic E-state index is 0. The maximum Gasteiger partial charge on any atom is 0.281 e. The van der Waals surface area contributed by atoms with Gasteiger partial charge in [-0.3, -0.25) is 9.59 Å². The van der Waals surface area contributed by atoms with Crippen molar-refractivity contribution in [2.45, 2.75) is 25.7 Å². The van der Waals surface area contributed by atoms with Crippen LogP contribution in [0.5, 0.6) is 0 Å². The molecule has 0 aromatic heterocycles. The summed E-state index contributed by atoms with van der Waals surface area (Å²) in [7, 11) is 0. The SMILES string of the molecule is C1=C\CCCC\C=C/1.[C]=O.[C]=O.[Co]. The zero-order valence-electron chi connectivity index (χ0n) is 7.29. The summed E-state index contributed by atoms with van der Waals surface area (Å²) in [5.41, 5.74) is 0. The third-order valence-electron chi connectivity index (χ3n) is 1.37. The average molecular weight is 223 g/mol. The topological polar surface area (TPSA) is 34.1 Å². The summed E-state index contributed by atoms with van der Waals surface area (Å²) >= 11 is 0. The Morgan fingerprint density at radius 1 is 0.769 bits per heavy atom. The van der Waals surface area contributed by atoms with Crippen molar-refractivity contribution >= 4 is 13.6 Å². The Balaban J connectivity index is -0.000000178. The number of allylic oxidation sites excluding steroid dienone is 4. The second-order valence-electron chi connectivity index (χ2n) is 2.14. The molecular weight excluding hydrogens is 211 g/mol. The van der Waals surface area contributed by atoms with Crippen LogP contribution in [0.15, 0.2) is 24.3 Å². The van der Waals surface area contributed by atoms with Gasteiger partial charge in [-0.2, -0.15) is 0 Å². The van der Waals surface area contributed by atoms with E-state index in [-0.39, 0.29) is 16.8 Å². The van der Waals surface area contributed by atoms with E-state index in [1.807, 2.05) is 0 Å². The van der Waals surface area contributed by atoms with Crippen molar-refractivity contribution in [3.63, 3.8) is 0 Å². The molecule has 0 spiro atoms. The summed E-state index contributed by atoms with van der Waals surface area (Å²) in [5.74, 6) is 0. The van der Waals surface area contributed by atoms with Crippen LogP contribution in [0.3, 0.4) is 0 Å². The molecule has 0 bridgehead atoms. The van der Waals surface area contributed by atoms with Crippen molar-refractivity contribution in [1.82, 2.24) is 0 Å². The van der Waals surface area contributed by atoms with Crippen molar-refractivity contribution < 1.29 is 26.4 Å². The summed E-state index contributed by atoms with van der Waals surface area (Å²) in [5, 5.41) is 0. The molecule has 0 atom stereocenters. The average Bonchev–Trinajstić information content (AvgIpc) is 2.10. The molecule has 0 aromatic rings. The van der Waals surface area contributed by atoms with Gasteiger partial charge in [0.15, 0.2) is 0 Å². The Morgan fingerprint density at radius 2 is 1.08 bits per heavy atom. The van der Waals surface area contributed by atoms with Crippen LogP contribution in [0.25, 0.3) is 0 Å². The molecule has 0 heterocycles. The summed E-state index contributed by atoms with van der Waals surface area (Å²) < 4.78 is 0. The Hall–Kier alpha value is -0.674. The molecule has 0 amide bonds. The molecule has 0 aromatic carbocycles. The molecule has 0 unspecified atom stereocenters. The van der Waals surface area contributed by atoms with Crippen molar-refractivity contribution in [2.24, 2.45) is 0 Å². The quantitative estimate of drug-likeness (QED) is 0.628. The van der Waals surface area contributed by atoms with E-state index in [9.17, 15) is 0 Å². The summed E-state index contributed by atoms with van der Waals surface area (Å²) in [6.45, 7) is 9.00. The van der Waals surface area contributed by atoms with E-state index in [2.05, 4.69) is 37.9 Å². The van der Waals surface area contributed by atoms with Gasteiger partial charge in [-0.15, -0.1) is 0 Å². The fourth-order valence-electron chi connectivity index (χ4n) is 0.874. The van der Waals surface area contributed by atoms with E-state index < -0.39 is 0 Å². The summed E-state index contributed by atoms with van der Waals surface area (Å²) in [6.07, 6.45) is 14.0. The molecular formula is C10H12CoO2. The molecule has 0 fully saturated rings. The molecule has 0 N–H and O–H groups in total. The smallest absolute Gasteiger partial charge is 0.281 e. The fourth-order valence-corrected chi connectivity index (χ4v) is 0.874. The van der Waals surface area contributed by atoms with Crippen LogP contribution < -0.4 is 0 Å². The maximum atomic E-state index is 7.50. The third-order valence-corrected chi connectivity index (χ3v) is 1.37.